The van der Waals surface area contributed by atoms with Gasteiger partial charge in [-0.05, 0) is 122 Å². The van der Waals surface area contributed by atoms with Crippen LogP contribution in [0.3, 0.4) is 0 Å². The van der Waals surface area contributed by atoms with Crippen LogP contribution < -0.4 is 34.3 Å². The molecule has 0 atom stereocenters. The van der Waals surface area contributed by atoms with Crippen molar-refractivity contribution >= 4 is 15.8 Å². The van der Waals surface area contributed by atoms with Crippen LogP contribution in [-0.2, 0) is 33.3 Å². The quantitative estimate of drug-likeness (QED) is 0.160. The third-order valence-corrected chi connectivity index (χ3v) is 18.1. The summed E-state index contributed by atoms with van der Waals surface area (Å²) in [6.07, 6.45) is 36.8. The molecule has 2 aromatic rings. The third kappa shape index (κ3) is 16.1. The van der Waals surface area contributed by atoms with E-state index in [1.165, 1.54) is 140 Å². The molecule has 0 unspecified atom stereocenters. The summed E-state index contributed by atoms with van der Waals surface area (Å²) in [6, 6.07) is 17.1. The van der Waals surface area contributed by atoms with Gasteiger partial charge < -0.3 is 34.3 Å². The fourth-order valence-corrected chi connectivity index (χ4v) is 15.5. The zero-order valence-electron chi connectivity index (χ0n) is 31.6. The Bertz CT molecular complexity index is 1070. The first-order chi connectivity index (χ1) is 23.7. The molecule has 288 valence electrons. The summed E-state index contributed by atoms with van der Waals surface area (Å²) in [6.45, 7) is 0. The van der Waals surface area contributed by atoms with Crippen LogP contribution in [0, 0.1) is 0 Å². The van der Waals surface area contributed by atoms with Crippen LogP contribution in [0.5, 0.6) is 11.5 Å². The average molecular weight is 866 g/mol. The Morgan fingerprint density at radius 3 is 0.941 bits per heavy atom. The van der Waals surface area contributed by atoms with E-state index in [1.807, 2.05) is 0 Å². The molecule has 0 heterocycles. The fourth-order valence-electron chi connectivity index (χ4n) is 8.74. The van der Waals surface area contributed by atoms with E-state index in [-0.39, 0.29) is 61.1 Å². The molecule has 51 heavy (non-hydrogen) atoms. The van der Waals surface area contributed by atoms with Crippen molar-refractivity contribution in [2.45, 2.75) is 164 Å². The summed E-state index contributed by atoms with van der Waals surface area (Å²) < 4.78 is 10.5. The molecule has 2 aromatic carbocycles. The van der Waals surface area contributed by atoms with Crippen molar-refractivity contribution in [3.63, 3.8) is 0 Å². The van der Waals surface area contributed by atoms with Crippen LogP contribution in [0.25, 0.3) is 0 Å². The van der Waals surface area contributed by atoms with E-state index in [2.05, 4.69) is 72.3 Å². The Balaban J connectivity index is 0.000000334. The fraction of sp³-hybridized carbons (Fsp3) is 0.636. The number of rotatable bonds is 12. The number of methoxy groups -OCH3 is 2. The van der Waals surface area contributed by atoms with Crippen LogP contribution in [0.15, 0.2) is 72.3 Å². The van der Waals surface area contributed by atoms with Crippen molar-refractivity contribution in [1.82, 2.24) is 0 Å². The van der Waals surface area contributed by atoms with Crippen LogP contribution in [0.4, 0.5) is 0 Å². The third-order valence-electron chi connectivity index (χ3n) is 11.6. The Morgan fingerprint density at radius 2 is 0.706 bits per heavy atom. The summed E-state index contributed by atoms with van der Waals surface area (Å²) in [5, 5.41) is 0. The summed E-state index contributed by atoms with van der Waals surface area (Å²) in [7, 11) is 3.65. The minimum Gasteiger partial charge on any atom is -1.00 e. The van der Waals surface area contributed by atoms with Crippen molar-refractivity contribution in [2.24, 2.45) is 0 Å². The van der Waals surface area contributed by atoms with E-state index in [9.17, 15) is 0 Å². The maximum Gasteiger partial charge on any atom is 2.00 e. The predicted octanol–water partition coefficient (Wildman–Crippen LogP) is 7.80. The van der Waals surface area contributed by atoms with E-state index in [0.717, 1.165) is 47.0 Å². The Labute approximate surface area is 341 Å². The van der Waals surface area contributed by atoms with Gasteiger partial charge in [-0.1, -0.05) is 141 Å². The number of benzene rings is 2. The van der Waals surface area contributed by atoms with Crippen LogP contribution in [-0.4, -0.2) is 36.9 Å². The maximum absolute atomic E-state index is 5.26. The number of halogens is 2. The topological polar surface area (TPSA) is 18.5 Å². The molecule has 4 saturated carbocycles. The number of hydrogen-bond donors (Lipinski definition) is 0. The van der Waals surface area contributed by atoms with Gasteiger partial charge in [-0.3, -0.25) is 0 Å². The molecule has 0 N–H and O–H groups in total. The van der Waals surface area contributed by atoms with Gasteiger partial charge in [0.25, 0.3) is 0 Å². The van der Waals surface area contributed by atoms with Gasteiger partial charge >= 0.3 is 20.4 Å². The Hall–Kier alpha value is -0.378. The van der Waals surface area contributed by atoms with Crippen LogP contribution in [0.2, 0.25) is 0 Å². The standard InChI is InChI=1S/2C22H33OP.2ClH.Pd/c2*1-23-20-16-14-19(15-17-20)9-8-18-24(21-10-4-2-5-11-21)22-12-6-3-7-13-22;;;/h2*8,14-18,21-22H,2-7,9-13H2,1H3;2*1H;/q;;;;+2/p-2. The molecule has 2 nitrogen and oxygen atoms in total. The summed E-state index contributed by atoms with van der Waals surface area (Å²) >= 11 is 0. The average Bonchev–Trinajstić information content (AvgIpc) is 3.17. The maximum atomic E-state index is 5.26. The zero-order valence-corrected chi connectivity index (χ0v) is 36.4. The first-order valence-electron chi connectivity index (χ1n) is 19.9. The molecular formula is C44H66Cl2O2P2Pd. The van der Waals surface area contributed by atoms with Gasteiger partial charge in [0.15, 0.2) is 0 Å². The number of ether oxygens (including phenoxy) is 2. The van der Waals surface area contributed by atoms with E-state index in [4.69, 9.17) is 9.47 Å². The van der Waals surface area contributed by atoms with Gasteiger partial charge in [-0.2, -0.15) is 0 Å². The molecule has 0 bridgehead atoms. The van der Waals surface area contributed by atoms with E-state index >= 15 is 0 Å². The smallest absolute Gasteiger partial charge is 1.00 e. The van der Waals surface area contributed by atoms with Gasteiger partial charge in [0.1, 0.15) is 11.5 Å². The first kappa shape index (κ1) is 46.8. The summed E-state index contributed by atoms with van der Waals surface area (Å²) in [5.41, 5.74) is 6.87. The van der Waals surface area contributed by atoms with Gasteiger partial charge in [-0.15, -0.1) is 0 Å². The zero-order chi connectivity index (χ0) is 33.2. The SMILES string of the molecule is COc1ccc(CC=CP(C2CCCCC2)C2CCCCC2)cc1.COc1ccc(CC=CP(C2CCCCC2)C2CCCCC2)cc1.[Cl-].[Cl-].[Pd+2]. The van der Waals surface area contributed by atoms with Crippen molar-refractivity contribution in [3.8, 4) is 11.5 Å². The van der Waals surface area contributed by atoms with Crippen molar-refractivity contribution in [1.29, 1.82) is 0 Å². The molecule has 0 spiro atoms. The molecule has 4 aliphatic rings. The normalized spacial score (nSPS) is 19.5. The van der Waals surface area contributed by atoms with Gasteiger partial charge in [-0.25, -0.2) is 0 Å². The molecule has 0 amide bonds. The minimum atomic E-state index is 0. The van der Waals surface area contributed by atoms with Crippen molar-refractivity contribution < 1.29 is 54.7 Å². The molecule has 0 saturated heterocycles. The van der Waals surface area contributed by atoms with Gasteiger partial charge in [0.2, 0.25) is 0 Å². The molecule has 7 heteroatoms. The molecule has 0 aromatic heterocycles. The second-order valence-corrected chi connectivity index (χ2v) is 20.2. The predicted molar refractivity (Wildman–Crippen MR) is 213 cm³/mol. The van der Waals surface area contributed by atoms with E-state index in [1.54, 1.807) is 14.2 Å². The Morgan fingerprint density at radius 1 is 0.451 bits per heavy atom. The second-order valence-electron chi connectivity index (χ2n) is 14.9. The van der Waals surface area contributed by atoms with Gasteiger partial charge in [0, 0.05) is 0 Å². The molecule has 6 rings (SSSR count). The minimum absolute atomic E-state index is 0. The summed E-state index contributed by atoms with van der Waals surface area (Å²) in [4.78, 5) is 0. The van der Waals surface area contributed by atoms with Gasteiger partial charge in [0.05, 0.1) is 14.2 Å². The number of allylic oxidation sites excluding steroid dienone is 2. The van der Waals surface area contributed by atoms with E-state index in [0.29, 0.717) is 0 Å². The Kier molecular flexibility index (Phi) is 25.0. The molecular weight excluding hydrogens is 800 g/mol. The van der Waals surface area contributed by atoms with E-state index < -0.39 is 0 Å². The molecule has 0 radical (unpaired) electrons. The second kappa shape index (κ2) is 27.2. The van der Waals surface area contributed by atoms with Crippen molar-refractivity contribution in [2.75, 3.05) is 14.2 Å². The molecule has 4 fully saturated rings. The number of hydrogen-bond acceptors (Lipinski definition) is 2. The van der Waals surface area contributed by atoms with Crippen LogP contribution >= 0.6 is 15.8 Å². The largest absolute Gasteiger partial charge is 2.00 e. The molecule has 4 aliphatic carbocycles. The first-order valence-corrected chi connectivity index (χ1v) is 23.0. The van der Waals surface area contributed by atoms with Crippen molar-refractivity contribution in [3.05, 3.63) is 83.4 Å². The molecule has 0 aliphatic heterocycles. The van der Waals surface area contributed by atoms with Crippen LogP contribution in [0.1, 0.15) is 140 Å². The monoisotopic (exact) mass is 864 g/mol. The summed E-state index contributed by atoms with van der Waals surface area (Å²) in [5.74, 6) is 7.25.